The lowest BCUT2D eigenvalue weighted by atomic mass is 10.0. The maximum absolute atomic E-state index is 14.5. The minimum Gasteiger partial charge on any atom is -0.496 e. The number of hydrogen-bond donors (Lipinski definition) is 2. The summed E-state index contributed by atoms with van der Waals surface area (Å²) in [7, 11) is -2.09. The molecule has 7 nitrogen and oxygen atoms in total. The van der Waals surface area contributed by atoms with Gasteiger partial charge in [0.15, 0.2) is 12.0 Å². The number of alkyl halides is 5. The molecule has 2 N–H and O–H groups in total. The van der Waals surface area contributed by atoms with Gasteiger partial charge in [-0.2, -0.15) is 27.2 Å². The Kier molecular flexibility index (Phi) is 7.54. The number of anilines is 2. The topological polar surface area (TPSA) is 99.9 Å². The van der Waals surface area contributed by atoms with Crippen LogP contribution in [0.1, 0.15) is 11.1 Å². The number of hydrogen-bond acceptors (Lipinski definition) is 6. The average Bonchev–Trinajstić information content (AvgIpc) is 2.79. The molecule has 0 amide bonds. The van der Waals surface area contributed by atoms with Gasteiger partial charge in [-0.05, 0) is 35.9 Å². The Morgan fingerprint density at radius 1 is 1.11 bits per heavy atom. The second-order valence-electron chi connectivity index (χ2n) is 7.51. The number of ether oxygens (including phenoxy) is 1. The fraction of sp³-hybridized carbons (Fsp3) is 0.182. The van der Waals surface area contributed by atoms with Crippen LogP contribution in [0.4, 0.5) is 42.4 Å². The average molecular weight is 547 g/mol. The highest BCUT2D eigenvalue weighted by atomic mass is 32.2. The molecule has 1 unspecified atom stereocenters. The van der Waals surface area contributed by atoms with Crippen molar-refractivity contribution >= 4 is 26.7 Å². The molecule has 0 radical (unpaired) electrons. The van der Waals surface area contributed by atoms with Crippen molar-refractivity contribution in [1.82, 2.24) is 14.7 Å². The minimum absolute atomic E-state index is 0.00604. The Labute approximate surface area is 206 Å². The van der Waals surface area contributed by atoms with Gasteiger partial charge in [0.1, 0.15) is 17.3 Å². The molecule has 1 heterocycles. The zero-order chi connectivity index (χ0) is 27.6. The molecular formula is C22H16F7N5O2S. The number of nitrogens with zero attached hydrogens (tertiary/aromatic N) is 3. The Morgan fingerprint density at radius 3 is 2.43 bits per heavy atom. The normalized spacial score (nSPS) is 13.3. The quantitative estimate of drug-likeness (QED) is 0.189. The summed E-state index contributed by atoms with van der Waals surface area (Å²) in [5.41, 5.74) is -2.64. The van der Waals surface area contributed by atoms with Crippen molar-refractivity contribution in [3.63, 3.8) is 0 Å². The predicted octanol–water partition coefficient (Wildman–Crippen LogP) is 4.88. The van der Waals surface area contributed by atoms with Crippen LogP contribution < -0.4 is 14.8 Å². The van der Waals surface area contributed by atoms with E-state index in [-0.39, 0.29) is 22.6 Å². The second-order valence-corrected chi connectivity index (χ2v) is 9.76. The molecular weight excluding hydrogens is 531 g/mol. The van der Waals surface area contributed by atoms with E-state index in [1.807, 2.05) is 4.72 Å². The monoisotopic (exact) mass is 547 g/mol. The standard InChI is InChI=1S/C22H16F7N5O2S/c1-36-18-8-14(23)3-4-16(18)19-17(24)9-31-20(34-19)33-15-6-12(10-37(2,35)32-11-30)5-13(7-15)21(25,26)22(27,28)29/h3-10H,1-2H3,(H,32,35)(H,31,33,34). The maximum Gasteiger partial charge on any atom is 0.458 e. The molecule has 0 aliphatic heterocycles. The highest BCUT2D eigenvalue weighted by Crippen LogP contribution is 2.44. The number of halogens is 7. The molecule has 0 fully saturated rings. The summed E-state index contributed by atoms with van der Waals surface area (Å²) in [5.74, 6) is -7.46. The van der Waals surface area contributed by atoms with Gasteiger partial charge in [-0.3, -0.25) is 0 Å². The summed E-state index contributed by atoms with van der Waals surface area (Å²) in [5, 5.41) is 11.9. The van der Waals surface area contributed by atoms with Crippen LogP contribution in [0.15, 0.2) is 42.6 Å². The van der Waals surface area contributed by atoms with Crippen molar-refractivity contribution in [2.45, 2.75) is 12.1 Å². The predicted molar refractivity (Wildman–Crippen MR) is 122 cm³/mol. The molecule has 0 bridgehead atoms. The van der Waals surface area contributed by atoms with Gasteiger partial charge in [0.05, 0.1) is 23.0 Å². The fourth-order valence-electron chi connectivity index (χ4n) is 3.12. The molecule has 0 saturated heterocycles. The van der Waals surface area contributed by atoms with E-state index in [1.54, 1.807) is 0 Å². The van der Waals surface area contributed by atoms with Gasteiger partial charge >= 0.3 is 12.1 Å². The van der Waals surface area contributed by atoms with E-state index in [0.717, 1.165) is 29.8 Å². The first-order chi connectivity index (χ1) is 17.2. The molecule has 0 saturated carbocycles. The van der Waals surface area contributed by atoms with Crippen LogP contribution in [-0.2, 0) is 15.6 Å². The summed E-state index contributed by atoms with van der Waals surface area (Å²) >= 11 is 0. The van der Waals surface area contributed by atoms with Gasteiger partial charge in [-0.25, -0.2) is 27.7 Å². The summed E-state index contributed by atoms with van der Waals surface area (Å²) in [4.78, 5) is 7.58. The number of aromatic nitrogens is 2. The molecule has 0 aliphatic carbocycles. The Bertz CT molecular complexity index is 1500. The van der Waals surface area contributed by atoms with Crippen molar-refractivity contribution in [1.29, 1.82) is 5.26 Å². The molecule has 196 valence electrons. The molecule has 3 aromatic rings. The van der Waals surface area contributed by atoms with Crippen LogP contribution in [0.2, 0.25) is 0 Å². The molecule has 15 heteroatoms. The van der Waals surface area contributed by atoms with Crippen molar-refractivity contribution in [3.8, 4) is 23.2 Å². The van der Waals surface area contributed by atoms with Crippen LogP contribution in [0.5, 0.6) is 5.75 Å². The second kappa shape index (κ2) is 10.1. The van der Waals surface area contributed by atoms with Gasteiger partial charge < -0.3 is 10.1 Å². The third-order valence-electron chi connectivity index (χ3n) is 4.70. The Hall–Kier alpha value is -4.06. The number of benzene rings is 2. The van der Waals surface area contributed by atoms with Crippen LogP contribution in [0.3, 0.4) is 0 Å². The van der Waals surface area contributed by atoms with Crippen molar-refractivity contribution in [2.24, 2.45) is 0 Å². The lowest BCUT2D eigenvalue weighted by Gasteiger charge is -2.21. The van der Waals surface area contributed by atoms with Crippen molar-refractivity contribution in [3.05, 3.63) is 65.4 Å². The molecule has 2 aromatic carbocycles. The van der Waals surface area contributed by atoms with Crippen molar-refractivity contribution in [2.75, 3.05) is 18.7 Å². The molecule has 3 rings (SSSR count). The highest BCUT2D eigenvalue weighted by molar-refractivity contribution is 7.99. The molecule has 0 aliphatic rings. The van der Waals surface area contributed by atoms with Gasteiger partial charge in [0.2, 0.25) is 5.95 Å². The minimum atomic E-state index is -5.96. The van der Waals surface area contributed by atoms with E-state index in [4.69, 9.17) is 10.00 Å². The smallest absolute Gasteiger partial charge is 0.458 e. The summed E-state index contributed by atoms with van der Waals surface area (Å²) in [6.45, 7) is 0. The number of methoxy groups -OCH3 is 1. The zero-order valence-electron chi connectivity index (χ0n) is 18.8. The summed E-state index contributed by atoms with van der Waals surface area (Å²) in [6, 6.07) is 5.11. The molecule has 1 aromatic heterocycles. The zero-order valence-corrected chi connectivity index (χ0v) is 19.6. The number of nitriles is 1. The summed E-state index contributed by atoms with van der Waals surface area (Å²) in [6.07, 6.45) is -2.83. The van der Waals surface area contributed by atoms with E-state index >= 15 is 0 Å². The van der Waals surface area contributed by atoms with E-state index in [9.17, 15) is 34.9 Å². The van der Waals surface area contributed by atoms with E-state index < -0.39 is 50.6 Å². The maximum atomic E-state index is 14.5. The molecule has 37 heavy (non-hydrogen) atoms. The van der Waals surface area contributed by atoms with Crippen LogP contribution in [-0.4, -0.2) is 39.1 Å². The first-order valence-corrected chi connectivity index (χ1v) is 11.9. The van der Waals surface area contributed by atoms with Gasteiger partial charge in [-0.1, -0.05) is 0 Å². The Morgan fingerprint density at radius 2 is 1.81 bits per heavy atom. The van der Waals surface area contributed by atoms with E-state index in [0.29, 0.717) is 18.3 Å². The Balaban J connectivity index is 2.14. The third kappa shape index (κ3) is 6.20. The first-order valence-electron chi connectivity index (χ1n) is 9.90. The van der Waals surface area contributed by atoms with Gasteiger partial charge in [-0.15, -0.1) is 0 Å². The highest BCUT2D eigenvalue weighted by Gasteiger charge is 2.58. The number of nitrogens with one attached hydrogen (secondary N) is 2. The van der Waals surface area contributed by atoms with Crippen molar-refractivity contribution < 1.29 is 39.7 Å². The SMILES string of the molecule is COc1cc(F)ccc1-c1nc(Nc2cc(C=S(C)(=O)NC#N)cc(C(F)(F)C(F)(F)F)c2)ncc1F. The van der Waals surface area contributed by atoms with Crippen LogP contribution in [0.25, 0.3) is 11.3 Å². The molecule has 1 atom stereocenters. The van der Waals surface area contributed by atoms with Crippen LogP contribution >= 0.6 is 0 Å². The van der Waals surface area contributed by atoms with E-state index in [1.165, 1.54) is 19.4 Å². The largest absolute Gasteiger partial charge is 0.496 e. The third-order valence-corrected chi connectivity index (χ3v) is 5.92. The lowest BCUT2D eigenvalue weighted by Crippen LogP contribution is -2.33. The molecule has 0 spiro atoms. The summed E-state index contributed by atoms with van der Waals surface area (Å²) < 4.78 is 115. The van der Waals surface area contributed by atoms with Gasteiger partial charge in [0.25, 0.3) is 0 Å². The fourth-order valence-corrected chi connectivity index (χ4v) is 4.02. The van der Waals surface area contributed by atoms with Crippen LogP contribution in [0, 0.1) is 23.1 Å². The first kappa shape index (κ1) is 27.5. The lowest BCUT2D eigenvalue weighted by molar-refractivity contribution is -0.289. The number of rotatable bonds is 7. The van der Waals surface area contributed by atoms with E-state index in [2.05, 4.69) is 15.3 Å². The van der Waals surface area contributed by atoms with Gasteiger partial charge in [0, 0.05) is 34.5 Å².